The number of hydrogen-bond acceptors (Lipinski definition) is 6. The highest BCUT2D eigenvalue weighted by Gasteiger charge is 2.13. The number of hydrogen-bond donors (Lipinski definition) is 1. The van der Waals surface area contributed by atoms with Crippen LogP contribution in [-0.2, 0) is 0 Å². The Hall–Kier alpha value is -3.52. The summed E-state index contributed by atoms with van der Waals surface area (Å²) in [5, 5.41) is 5.24. The van der Waals surface area contributed by atoms with E-state index in [0.717, 1.165) is 17.0 Å². The number of nitrogens with one attached hydrogen (secondary N) is 1. The third-order valence-corrected chi connectivity index (χ3v) is 4.72. The van der Waals surface area contributed by atoms with Crippen LogP contribution in [-0.4, -0.2) is 32.0 Å². The molecule has 1 amide bonds. The second-order valence-corrected chi connectivity index (χ2v) is 6.65. The minimum absolute atomic E-state index is 0.260. The average molecular weight is 391 g/mol. The molecule has 0 spiro atoms. The molecule has 140 valence electrons. The fourth-order valence-corrected chi connectivity index (χ4v) is 3.36. The Labute approximate surface area is 165 Å². The maximum atomic E-state index is 12.5. The summed E-state index contributed by atoms with van der Waals surface area (Å²) in [5.74, 6) is 1.20. The van der Waals surface area contributed by atoms with Crippen molar-refractivity contribution in [1.29, 1.82) is 0 Å². The maximum absolute atomic E-state index is 12.5. The number of aromatic nitrogens is 4. The van der Waals surface area contributed by atoms with Gasteiger partial charge in [0.1, 0.15) is 17.9 Å². The lowest BCUT2D eigenvalue weighted by Gasteiger charge is -2.07. The van der Waals surface area contributed by atoms with Gasteiger partial charge in [0, 0.05) is 29.5 Å². The molecule has 7 nitrogen and oxygen atoms in total. The maximum Gasteiger partial charge on any atom is 0.259 e. The summed E-state index contributed by atoms with van der Waals surface area (Å²) in [5.41, 5.74) is 2.11. The molecule has 4 aromatic rings. The topological polar surface area (TPSA) is 81.9 Å². The summed E-state index contributed by atoms with van der Waals surface area (Å²) in [4.78, 5) is 25.3. The Morgan fingerprint density at radius 3 is 2.89 bits per heavy atom. The summed E-state index contributed by atoms with van der Waals surface area (Å²) in [7, 11) is 0. The molecule has 0 radical (unpaired) electrons. The van der Waals surface area contributed by atoms with E-state index in [1.165, 1.54) is 17.5 Å². The second kappa shape index (κ2) is 8.01. The third kappa shape index (κ3) is 3.77. The van der Waals surface area contributed by atoms with E-state index in [2.05, 4.69) is 20.3 Å². The number of carbonyl (C=O) groups excluding carboxylic acids is 1. The van der Waals surface area contributed by atoms with E-state index in [1.807, 2.05) is 36.6 Å². The van der Waals surface area contributed by atoms with E-state index in [0.29, 0.717) is 23.1 Å². The van der Waals surface area contributed by atoms with Crippen LogP contribution in [0.3, 0.4) is 0 Å². The molecule has 1 N–H and O–H groups in total. The van der Waals surface area contributed by atoms with Crippen molar-refractivity contribution in [2.24, 2.45) is 0 Å². The quantitative estimate of drug-likeness (QED) is 0.536. The fourth-order valence-electron chi connectivity index (χ4n) is 2.65. The van der Waals surface area contributed by atoms with Gasteiger partial charge in [-0.1, -0.05) is 12.1 Å². The zero-order chi connectivity index (χ0) is 19.3. The predicted molar refractivity (Wildman–Crippen MR) is 108 cm³/mol. The van der Waals surface area contributed by atoms with Gasteiger partial charge in [0.05, 0.1) is 17.9 Å². The molecule has 0 atom stereocenters. The molecule has 0 saturated heterocycles. The first-order chi connectivity index (χ1) is 13.7. The zero-order valence-corrected chi connectivity index (χ0v) is 15.9. The number of ether oxygens (including phenoxy) is 1. The Balaban J connectivity index is 1.49. The standard InChI is InChI=1S/C20H17N5O2S/c1-2-27-17-6-4-3-5-15(17)16-12-28-20(23-16)24-19(26)14-7-8-18(22-11-14)25-10-9-21-13-25/h3-13H,2H2,1H3,(H,23,24,26). The van der Waals surface area contributed by atoms with E-state index in [1.54, 1.807) is 35.4 Å². The number of anilines is 1. The molecule has 0 fully saturated rings. The van der Waals surface area contributed by atoms with Gasteiger partial charge in [-0.15, -0.1) is 11.3 Å². The molecule has 0 aliphatic heterocycles. The highest BCUT2D eigenvalue weighted by molar-refractivity contribution is 7.14. The van der Waals surface area contributed by atoms with Crippen LogP contribution in [0.1, 0.15) is 17.3 Å². The Morgan fingerprint density at radius 2 is 2.14 bits per heavy atom. The Bertz CT molecular complexity index is 1070. The molecule has 0 aliphatic rings. The van der Waals surface area contributed by atoms with Gasteiger partial charge in [0.2, 0.25) is 0 Å². The van der Waals surface area contributed by atoms with Crippen LogP contribution in [0.25, 0.3) is 17.1 Å². The molecule has 4 rings (SSSR count). The van der Waals surface area contributed by atoms with Gasteiger partial charge in [0.15, 0.2) is 5.13 Å². The van der Waals surface area contributed by atoms with Crippen LogP contribution >= 0.6 is 11.3 Å². The summed E-state index contributed by atoms with van der Waals surface area (Å²) in [6.07, 6.45) is 6.65. The normalized spacial score (nSPS) is 10.6. The molecular formula is C20H17N5O2S. The lowest BCUT2D eigenvalue weighted by molar-refractivity contribution is 0.102. The monoisotopic (exact) mass is 391 g/mol. The summed E-state index contributed by atoms with van der Waals surface area (Å²) < 4.78 is 7.42. The summed E-state index contributed by atoms with van der Waals surface area (Å²) in [6, 6.07) is 11.2. The van der Waals surface area contributed by atoms with Gasteiger partial charge in [-0.05, 0) is 31.2 Å². The highest BCUT2D eigenvalue weighted by Crippen LogP contribution is 2.32. The number of benzene rings is 1. The lowest BCUT2D eigenvalue weighted by Crippen LogP contribution is -2.12. The number of carbonyl (C=O) groups is 1. The van der Waals surface area contributed by atoms with Crippen LogP contribution in [0.2, 0.25) is 0 Å². The number of thiazole rings is 1. The number of amides is 1. The van der Waals surface area contributed by atoms with Gasteiger partial charge in [0.25, 0.3) is 5.91 Å². The van der Waals surface area contributed by atoms with Crippen molar-refractivity contribution >= 4 is 22.4 Å². The van der Waals surface area contributed by atoms with Crippen molar-refractivity contribution in [2.45, 2.75) is 6.92 Å². The van der Waals surface area contributed by atoms with Crippen molar-refractivity contribution in [3.8, 4) is 22.8 Å². The largest absolute Gasteiger partial charge is 0.493 e. The van der Waals surface area contributed by atoms with Crippen LogP contribution in [0.4, 0.5) is 5.13 Å². The number of pyridine rings is 1. The first kappa shape index (κ1) is 17.9. The van der Waals surface area contributed by atoms with Crippen LogP contribution in [0, 0.1) is 0 Å². The van der Waals surface area contributed by atoms with Crippen molar-refractivity contribution in [2.75, 3.05) is 11.9 Å². The van der Waals surface area contributed by atoms with E-state index in [9.17, 15) is 4.79 Å². The van der Waals surface area contributed by atoms with Crippen molar-refractivity contribution in [3.05, 3.63) is 72.3 Å². The van der Waals surface area contributed by atoms with Gasteiger partial charge in [-0.2, -0.15) is 0 Å². The molecule has 8 heteroatoms. The molecule has 28 heavy (non-hydrogen) atoms. The molecule has 3 heterocycles. The smallest absolute Gasteiger partial charge is 0.259 e. The summed E-state index contributed by atoms with van der Waals surface area (Å²) >= 11 is 1.36. The Morgan fingerprint density at radius 1 is 1.25 bits per heavy atom. The van der Waals surface area contributed by atoms with E-state index >= 15 is 0 Å². The average Bonchev–Trinajstić information content (AvgIpc) is 3.41. The van der Waals surface area contributed by atoms with Crippen LogP contribution in [0.15, 0.2) is 66.7 Å². The third-order valence-electron chi connectivity index (χ3n) is 3.97. The first-order valence-electron chi connectivity index (χ1n) is 8.68. The summed E-state index contributed by atoms with van der Waals surface area (Å²) in [6.45, 7) is 2.52. The molecular weight excluding hydrogens is 374 g/mol. The zero-order valence-electron chi connectivity index (χ0n) is 15.1. The van der Waals surface area contributed by atoms with Crippen molar-refractivity contribution in [3.63, 3.8) is 0 Å². The molecule has 3 aromatic heterocycles. The molecule has 0 bridgehead atoms. The van der Waals surface area contributed by atoms with E-state index in [-0.39, 0.29) is 5.91 Å². The number of nitrogens with zero attached hydrogens (tertiary/aromatic N) is 4. The molecule has 0 saturated carbocycles. The van der Waals surface area contributed by atoms with E-state index in [4.69, 9.17) is 4.74 Å². The molecule has 1 aromatic carbocycles. The molecule has 0 aliphatic carbocycles. The SMILES string of the molecule is CCOc1ccccc1-c1csc(NC(=O)c2ccc(-n3ccnc3)nc2)n1. The van der Waals surface area contributed by atoms with Gasteiger partial charge < -0.3 is 4.74 Å². The number of para-hydroxylation sites is 1. The fraction of sp³-hybridized carbons (Fsp3) is 0.100. The van der Waals surface area contributed by atoms with Gasteiger partial charge >= 0.3 is 0 Å². The van der Waals surface area contributed by atoms with Gasteiger partial charge in [-0.25, -0.2) is 15.0 Å². The second-order valence-electron chi connectivity index (χ2n) is 5.80. The number of rotatable bonds is 6. The minimum atomic E-state index is -0.260. The van der Waals surface area contributed by atoms with Crippen molar-refractivity contribution in [1.82, 2.24) is 19.5 Å². The predicted octanol–water partition coefficient (Wildman–Crippen LogP) is 4.04. The number of imidazole rings is 1. The van der Waals surface area contributed by atoms with Gasteiger partial charge in [-0.3, -0.25) is 14.7 Å². The van der Waals surface area contributed by atoms with Crippen LogP contribution in [0.5, 0.6) is 5.75 Å². The Kier molecular flexibility index (Phi) is 5.11. The highest BCUT2D eigenvalue weighted by atomic mass is 32.1. The first-order valence-corrected chi connectivity index (χ1v) is 9.56. The molecule has 0 unspecified atom stereocenters. The van der Waals surface area contributed by atoms with Crippen molar-refractivity contribution < 1.29 is 9.53 Å². The van der Waals surface area contributed by atoms with E-state index < -0.39 is 0 Å². The van der Waals surface area contributed by atoms with Crippen LogP contribution < -0.4 is 10.1 Å². The minimum Gasteiger partial charge on any atom is -0.493 e. The lowest BCUT2D eigenvalue weighted by atomic mass is 10.1.